The van der Waals surface area contributed by atoms with Crippen LogP contribution in [0.4, 0.5) is 4.39 Å². The molecule has 1 aromatic carbocycles. The number of nitrogens with two attached hydrogens (primary N) is 1. The fourth-order valence-corrected chi connectivity index (χ4v) is 3.98. The van der Waals surface area contributed by atoms with Crippen LogP contribution in [0.5, 0.6) is 0 Å². The first-order valence-electron chi connectivity index (χ1n) is 8.74. The molecule has 24 heavy (non-hydrogen) atoms. The number of carbonyl (C=O) groups excluding carboxylic acids is 1. The summed E-state index contributed by atoms with van der Waals surface area (Å²) < 4.78 is 19.3. The van der Waals surface area contributed by atoms with Crippen molar-refractivity contribution in [2.75, 3.05) is 26.3 Å². The van der Waals surface area contributed by atoms with Gasteiger partial charge in [0.25, 0.3) is 0 Å². The topological polar surface area (TPSA) is 55.6 Å². The largest absolute Gasteiger partial charge is 0.381 e. The minimum atomic E-state index is -0.683. The highest BCUT2D eigenvalue weighted by Crippen LogP contribution is 2.39. The van der Waals surface area contributed by atoms with Crippen LogP contribution in [0, 0.1) is 11.2 Å². The third-order valence-corrected chi connectivity index (χ3v) is 5.73. The van der Waals surface area contributed by atoms with Crippen LogP contribution in [0.3, 0.4) is 0 Å². The summed E-state index contributed by atoms with van der Waals surface area (Å²) in [4.78, 5) is 15.4. The Labute approximate surface area is 143 Å². The van der Waals surface area contributed by atoms with E-state index in [0.717, 1.165) is 12.0 Å². The molecule has 1 unspecified atom stereocenters. The Balaban J connectivity index is 1.93. The lowest BCUT2D eigenvalue weighted by molar-refractivity contribution is -0.144. The number of rotatable bonds is 2. The van der Waals surface area contributed by atoms with E-state index in [2.05, 4.69) is 13.8 Å². The number of benzene rings is 1. The Morgan fingerprint density at radius 1 is 1.33 bits per heavy atom. The summed E-state index contributed by atoms with van der Waals surface area (Å²) in [7, 11) is 0. The maximum Gasteiger partial charge on any atom is 0.233 e. The second kappa shape index (κ2) is 6.45. The third-order valence-electron chi connectivity index (χ3n) is 5.73. The summed E-state index contributed by atoms with van der Waals surface area (Å²) in [5.41, 5.74) is 6.19. The zero-order chi connectivity index (χ0) is 17.4. The van der Waals surface area contributed by atoms with Gasteiger partial charge < -0.3 is 15.4 Å². The molecule has 2 aliphatic heterocycles. The van der Waals surface area contributed by atoms with E-state index in [4.69, 9.17) is 10.5 Å². The van der Waals surface area contributed by atoms with Crippen molar-refractivity contribution < 1.29 is 13.9 Å². The molecule has 0 radical (unpaired) electrons. The first-order valence-corrected chi connectivity index (χ1v) is 8.74. The van der Waals surface area contributed by atoms with E-state index in [9.17, 15) is 9.18 Å². The first kappa shape index (κ1) is 17.4. The van der Waals surface area contributed by atoms with Crippen LogP contribution in [-0.2, 0) is 14.9 Å². The van der Waals surface area contributed by atoms with Gasteiger partial charge in [0.05, 0.1) is 5.41 Å². The number of hydrogen-bond donors (Lipinski definition) is 1. The maximum atomic E-state index is 13.8. The van der Waals surface area contributed by atoms with Gasteiger partial charge in [-0.25, -0.2) is 4.39 Å². The van der Waals surface area contributed by atoms with Gasteiger partial charge in [0, 0.05) is 32.3 Å². The Bertz CT molecular complexity index is 611. The van der Waals surface area contributed by atoms with Gasteiger partial charge in [0.1, 0.15) is 5.82 Å². The number of carbonyl (C=O) groups is 1. The lowest BCUT2D eigenvalue weighted by Gasteiger charge is -2.47. The highest BCUT2D eigenvalue weighted by atomic mass is 19.1. The SMILES string of the molecule is CC1(C)CN(C(=O)C2(c3cccc(F)c3)CCOCC2)CCC1N. The molecule has 0 bridgehead atoms. The van der Waals surface area contributed by atoms with E-state index in [1.54, 1.807) is 6.07 Å². The maximum absolute atomic E-state index is 13.8. The van der Waals surface area contributed by atoms with Crippen LogP contribution in [-0.4, -0.2) is 43.2 Å². The van der Waals surface area contributed by atoms with Crippen molar-refractivity contribution in [3.63, 3.8) is 0 Å². The molecule has 132 valence electrons. The number of amides is 1. The van der Waals surface area contributed by atoms with Gasteiger partial charge in [0.15, 0.2) is 0 Å². The van der Waals surface area contributed by atoms with E-state index in [1.807, 2.05) is 11.0 Å². The molecule has 0 aliphatic carbocycles. The van der Waals surface area contributed by atoms with E-state index in [0.29, 0.717) is 39.1 Å². The molecular weight excluding hydrogens is 307 g/mol. The van der Waals surface area contributed by atoms with Crippen LogP contribution in [0.15, 0.2) is 24.3 Å². The number of ether oxygens (including phenoxy) is 1. The summed E-state index contributed by atoms with van der Waals surface area (Å²) in [5.74, 6) is -0.205. The molecule has 1 amide bonds. The van der Waals surface area contributed by atoms with Gasteiger partial charge in [0.2, 0.25) is 5.91 Å². The number of piperidine rings is 1. The van der Waals surface area contributed by atoms with Gasteiger partial charge in [-0.05, 0) is 42.4 Å². The molecule has 1 atom stereocenters. The number of halogens is 1. The lowest BCUT2D eigenvalue weighted by atomic mass is 9.71. The Hall–Kier alpha value is -1.46. The smallest absolute Gasteiger partial charge is 0.233 e. The Kier molecular flexibility index (Phi) is 4.67. The van der Waals surface area contributed by atoms with Gasteiger partial charge in [-0.3, -0.25) is 4.79 Å². The highest BCUT2D eigenvalue weighted by molar-refractivity contribution is 5.88. The second-order valence-corrected chi connectivity index (χ2v) is 7.82. The van der Waals surface area contributed by atoms with Crippen LogP contribution >= 0.6 is 0 Å². The molecule has 2 N–H and O–H groups in total. The first-order chi connectivity index (χ1) is 11.3. The van der Waals surface area contributed by atoms with E-state index < -0.39 is 5.41 Å². The predicted molar refractivity (Wildman–Crippen MR) is 91.1 cm³/mol. The second-order valence-electron chi connectivity index (χ2n) is 7.82. The van der Waals surface area contributed by atoms with Crippen molar-refractivity contribution >= 4 is 5.91 Å². The van der Waals surface area contributed by atoms with Gasteiger partial charge in [-0.15, -0.1) is 0 Å². The summed E-state index contributed by atoms with van der Waals surface area (Å²) >= 11 is 0. The van der Waals surface area contributed by atoms with Crippen LogP contribution < -0.4 is 5.73 Å². The molecule has 1 aromatic rings. The zero-order valence-corrected chi connectivity index (χ0v) is 14.6. The Morgan fingerprint density at radius 3 is 2.67 bits per heavy atom. The molecule has 2 fully saturated rings. The molecule has 0 spiro atoms. The summed E-state index contributed by atoms with van der Waals surface area (Å²) in [6.07, 6.45) is 1.99. The van der Waals surface area contributed by atoms with Crippen molar-refractivity contribution in [2.24, 2.45) is 11.1 Å². The van der Waals surface area contributed by atoms with E-state index >= 15 is 0 Å². The number of hydrogen-bond acceptors (Lipinski definition) is 3. The molecule has 4 nitrogen and oxygen atoms in total. The number of nitrogens with zero attached hydrogens (tertiary/aromatic N) is 1. The van der Waals surface area contributed by atoms with Crippen molar-refractivity contribution in [1.82, 2.24) is 4.90 Å². The molecular formula is C19H27FN2O2. The molecule has 3 rings (SSSR count). The van der Waals surface area contributed by atoms with Crippen molar-refractivity contribution in [3.8, 4) is 0 Å². The van der Waals surface area contributed by atoms with Crippen LogP contribution in [0.1, 0.15) is 38.7 Å². The van der Waals surface area contributed by atoms with Crippen molar-refractivity contribution in [3.05, 3.63) is 35.6 Å². The van der Waals surface area contributed by atoms with Gasteiger partial charge in [-0.1, -0.05) is 26.0 Å². The van der Waals surface area contributed by atoms with E-state index in [1.165, 1.54) is 12.1 Å². The van der Waals surface area contributed by atoms with Crippen LogP contribution in [0.2, 0.25) is 0 Å². The summed E-state index contributed by atoms with van der Waals surface area (Å²) in [5, 5.41) is 0. The van der Waals surface area contributed by atoms with Gasteiger partial charge in [-0.2, -0.15) is 0 Å². The molecule has 0 saturated carbocycles. The lowest BCUT2D eigenvalue weighted by Crippen LogP contribution is -2.58. The normalized spacial score (nSPS) is 26.2. The molecule has 5 heteroatoms. The molecule has 2 saturated heterocycles. The van der Waals surface area contributed by atoms with Crippen molar-refractivity contribution in [2.45, 2.75) is 44.6 Å². The minimum absolute atomic E-state index is 0.0939. The van der Waals surface area contributed by atoms with Crippen LogP contribution in [0.25, 0.3) is 0 Å². The standard InChI is InChI=1S/C19H27FN2O2/c1-18(2)13-22(9-6-16(18)21)17(23)19(7-10-24-11-8-19)14-4-3-5-15(20)12-14/h3-5,12,16H,6-11,13,21H2,1-2H3. The minimum Gasteiger partial charge on any atom is -0.381 e. The fraction of sp³-hybridized carbons (Fsp3) is 0.632. The number of likely N-dealkylation sites (tertiary alicyclic amines) is 1. The van der Waals surface area contributed by atoms with Crippen molar-refractivity contribution in [1.29, 1.82) is 0 Å². The van der Waals surface area contributed by atoms with E-state index in [-0.39, 0.29) is 23.2 Å². The average Bonchev–Trinajstić information content (AvgIpc) is 2.57. The molecule has 2 aliphatic rings. The zero-order valence-electron chi connectivity index (χ0n) is 14.6. The monoisotopic (exact) mass is 334 g/mol. The Morgan fingerprint density at radius 2 is 2.04 bits per heavy atom. The van der Waals surface area contributed by atoms with Gasteiger partial charge >= 0.3 is 0 Å². The summed E-state index contributed by atoms with van der Waals surface area (Å²) in [6.45, 7) is 6.58. The predicted octanol–water partition coefficient (Wildman–Crippen LogP) is 2.46. The fourth-order valence-electron chi connectivity index (χ4n) is 3.98. The quantitative estimate of drug-likeness (QED) is 0.904. The average molecular weight is 334 g/mol. The molecule has 2 heterocycles. The molecule has 0 aromatic heterocycles. The third kappa shape index (κ3) is 3.07. The highest BCUT2D eigenvalue weighted by Gasteiger charge is 2.46. The summed E-state index contributed by atoms with van der Waals surface area (Å²) in [6, 6.07) is 6.58.